The normalized spacial score (nSPS) is 26.2. The molecule has 0 heterocycles. The van der Waals surface area contributed by atoms with Crippen molar-refractivity contribution in [2.75, 3.05) is 0 Å². The molecule has 1 atom stereocenters. The predicted molar refractivity (Wildman–Crippen MR) is 46.5 cm³/mol. The van der Waals surface area contributed by atoms with Crippen LogP contribution in [0.2, 0.25) is 0 Å². The number of allylic oxidation sites excluding steroid dienone is 2. The topological polar surface area (TPSA) is 0 Å². The van der Waals surface area contributed by atoms with Crippen LogP contribution in [0.3, 0.4) is 0 Å². The van der Waals surface area contributed by atoms with Gasteiger partial charge in [0, 0.05) is 0 Å². The molecule has 1 heteroatoms. The van der Waals surface area contributed by atoms with Gasteiger partial charge in [0.2, 0.25) is 0 Å². The van der Waals surface area contributed by atoms with E-state index in [9.17, 15) is 0 Å². The number of halogens is 1. The van der Waals surface area contributed by atoms with Gasteiger partial charge < -0.3 is 0 Å². The Balaban J connectivity index is 2.41. The van der Waals surface area contributed by atoms with E-state index in [0.717, 1.165) is 0 Å². The molecule has 0 spiro atoms. The van der Waals surface area contributed by atoms with Gasteiger partial charge in [-0.2, -0.15) is 0 Å². The minimum atomic E-state index is 0.329. The van der Waals surface area contributed by atoms with E-state index in [2.05, 4.69) is 13.0 Å². The number of hydrogen-bond donors (Lipinski definition) is 0. The summed E-state index contributed by atoms with van der Waals surface area (Å²) < 4.78 is 0. The third-order valence-electron chi connectivity index (χ3n) is 1.97. The molecule has 0 bridgehead atoms. The molecule has 10 heavy (non-hydrogen) atoms. The summed E-state index contributed by atoms with van der Waals surface area (Å²) >= 11 is 5.97. The van der Waals surface area contributed by atoms with Crippen molar-refractivity contribution in [1.82, 2.24) is 0 Å². The summed E-state index contributed by atoms with van der Waals surface area (Å²) in [6, 6.07) is 0. The Morgan fingerprint density at radius 2 is 2.50 bits per heavy atom. The molecule has 0 nitrogen and oxygen atoms in total. The average Bonchev–Trinajstić information content (AvgIpc) is 1.88. The molecule has 0 fully saturated rings. The molecule has 1 rings (SSSR count). The second kappa shape index (κ2) is 4.02. The second-order valence-corrected chi connectivity index (χ2v) is 3.54. The third-order valence-corrected chi connectivity index (χ3v) is 2.31. The highest BCUT2D eigenvalue weighted by molar-refractivity contribution is 6.21. The second-order valence-electron chi connectivity index (χ2n) is 2.98. The summed E-state index contributed by atoms with van der Waals surface area (Å²) in [7, 11) is 0. The smallest absolute Gasteiger partial charge is 0.0518 e. The molecular formula is C9H15Cl. The zero-order chi connectivity index (χ0) is 7.40. The number of rotatable bonds is 2. The molecule has 0 saturated carbocycles. The predicted octanol–water partition coefficient (Wildman–Crippen LogP) is 3.50. The van der Waals surface area contributed by atoms with Crippen molar-refractivity contribution in [2.24, 2.45) is 0 Å². The molecule has 0 aromatic rings. The first-order chi connectivity index (χ1) is 4.83. The Labute approximate surface area is 68.3 Å². The lowest BCUT2D eigenvalue weighted by Crippen LogP contribution is -2.02. The van der Waals surface area contributed by atoms with Gasteiger partial charge in [-0.3, -0.25) is 0 Å². The first kappa shape index (κ1) is 8.13. The van der Waals surface area contributed by atoms with Gasteiger partial charge in [-0.25, -0.2) is 0 Å². The van der Waals surface area contributed by atoms with Crippen LogP contribution in [0.5, 0.6) is 0 Å². The van der Waals surface area contributed by atoms with Crippen LogP contribution in [0.1, 0.15) is 39.0 Å². The standard InChI is InChI=1S/C9H15Cl/c1-2-4-8-5-3-6-9(10)7-8/h7,9H,2-6H2,1H3. The molecule has 1 unspecified atom stereocenters. The van der Waals surface area contributed by atoms with Crippen molar-refractivity contribution < 1.29 is 0 Å². The Bertz CT molecular complexity index is 127. The van der Waals surface area contributed by atoms with Crippen LogP contribution >= 0.6 is 11.6 Å². The van der Waals surface area contributed by atoms with E-state index < -0.39 is 0 Å². The maximum Gasteiger partial charge on any atom is 0.0518 e. The summed E-state index contributed by atoms with van der Waals surface area (Å²) in [4.78, 5) is 0. The number of alkyl halides is 1. The molecule has 0 amide bonds. The van der Waals surface area contributed by atoms with Crippen molar-refractivity contribution in [3.63, 3.8) is 0 Å². The van der Waals surface area contributed by atoms with Crippen molar-refractivity contribution in [3.8, 4) is 0 Å². The maximum absolute atomic E-state index is 5.97. The zero-order valence-corrected chi connectivity index (χ0v) is 7.32. The van der Waals surface area contributed by atoms with Crippen LogP contribution in [-0.2, 0) is 0 Å². The zero-order valence-electron chi connectivity index (χ0n) is 6.57. The van der Waals surface area contributed by atoms with Crippen LogP contribution in [0, 0.1) is 0 Å². The minimum Gasteiger partial charge on any atom is -0.118 e. The van der Waals surface area contributed by atoms with Crippen LogP contribution in [0.15, 0.2) is 11.6 Å². The van der Waals surface area contributed by atoms with Gasteiger partial charge in [0.1, 0.15) is 0 Å². The Kier molecular flexibility index (Phi) is 3.27. The first-order valence-corrected chi connectivity index (χ1v) is 4.60. The molecule has 1 aliphatic carbocycles. The fourth-order valence-corrected chi connectivity index (χ4v) is 1.81. The maximum atomic E-state index is 5.97. The van der Waals surface area contributed by atoms with E-state index in [0.29, 0.717) is 5.38 Å². The van der Waals surface area contributed by atoms with Crippen molar-refractivity contribution in [2.45, 2.75) is 44.4 Å². The molecule has 0 aromatic heterocycles. The van der Waals surface area contributed by atoms with E-state index in [4.69, 9.17) is 11.6 Å². The van der Waals surface area contributed by atoms with Crippen molar-refractivity contribution in [3.05, 3.63) is 11.6 Å². The van der Waals surface area contributed by atoms with Gasteiger partial charge in [-0.15, -0.1) is 11.6 Å². The summed E-state index contributed by atoms with van der Waals surface area (Å²) in [5, 5.41) is 0.329. The van der Waals surface area contributed by atoms with E-state index in [-0.39, 0.29) is 0 Å². The SMILES string of the molecule is CCCC1=CC(Cl)CCC1. The third kappa shape index (κ3) is 2.34. The molecule has 1 aliphatic rings. The van der Waals surface area contributed by atoms with Gasteiger partial charge in [0.25, 0.3) is 0 Å². The summed E-state index contributed by atoms with van der Waals surface area (Å²) in [6.45, 7) is 2.22. The monoisotopic (exact) mass is 158 g/mol. The molecule has 0 N–H and O–H groups in total. The first-order valence-electron chi connectivity index (χ1n) is 4.16. The van der Waals surface area contributed by atoms with Crippen LogP contribution in [0.4, 0.5) is 0 Å². The van der Waals surface area contributed by atoms with Gasteiger partial charge in [0.05, 0.1) is 5.38 Å². The lowest BCUT2D eigenvalue weighted by molar-refractivity contribution is 0.674. The summed E-state index contributed by atoms with van der Waals surface area (Å²) in [5.41, 5.74) is 1.58. The number of hydrogen-bond acceptors (Lipinski definition) is 0. The summed E-state index contributed by atoms with van der Waals surface area (Å²) in [5.74, 6) is 0. The van der Waals surface area contributed by atoms with Crippen LogP contribution in [-0.4, -0.2) is 5.38 Å². The van der Waals surface area contributed by atoms with Crippen LogP contribution < -0.4 is 0 Å². The molecule has 0 saturated heterocycles. The lowest BCUT2D eigenvalue weighted by Gasteiger charge is -2.15. The lowest BCUT2D eigenvalue weighted by atomic mass is 9.96. The minimum absolute atomic E-state index is 0.329. The quantitative estimate of drug-likeness (QED) is 0.426. The summed E-state index contributed by atoms with van der Waals surface area (Å²) in [6.07, 6.45) is 8.51. The molecular weight excluding hydrogens is 144 g/mol. The van der Waals surface area contributed by atoms with Gasteiger partial charge in [-0.05, 0) is 25.7 Å². The molecule has 0 aromatic carbocycles. The van der Waals surface area contributed by atoms with Gasteiger partial charge >= 0.3 is 0 Å². The Morgan fingerprint density at radius 1 is 1.70 bits per heavy atom. The Morgan fingerprint density at radius 3 is 3.10 bits per heavy atom. The highest BCUT2D eigenvalue weighted by Crippen LogP contribution is 2.24. The molecule has 0 radical (unpaired) electrons. The highest BCUT2D eigenvalue weighted by atomic mass is 35.5. The largest absolute Gasteiger partial charge is 0.118 e. The van der Waals surface area contributed by atoms with Gasteiger partial charge in [-0.1, -0.05) is 25.0 Å². The highest BCUT2D eigenvalue weighted by Gasteiger charge is 2.09. The van der Waals surface area contributed by atoms with Gasteiger partial charge in [0.15, 0.2) is 0 Å². The average molecular weight is 159 g/mol. The van der Waals surface area contributed by atoms with E-state index in [1.807, 2.05) is 0 Å². The van der Waals surface area contributed by atoms with Crippen molar-refractivity contribution in [1.29, 1.82) is 0 Å². The molecule has 0 aliphatic heterocycles. The Hall–Kier alpha value is 0.0300. The van der Waals surface area contributed by atoms with E-state index in [1.165, 1.54) is 32.1 Å². The van der Waals surface area contributed by atoms with Crippen LogP contribution in [0.25, 0.3) is 0 Å². The van der Waals surface area contributed by atoms with E-state index >= 15 is 0 Å². The fraction of sp³-hybridized carbons (Fsp3) is 0.778. The molecule has 58 valence electrons. The van der Waals surface area contributed by atoms with Crippen molar-refractivity contribution >= 4 is 11.6 Å². The van der Waals surface area contributed by atoms with E-state index in [1.54, 1.807) is 5.57 Å². The fourth-order valence-electron chi connectivity index (χ4n) is 1.48.